The molecule has 40 heavy (non-hydrogen) atoms. The van der Waals surface area contributed by atoms with E-state index in [1.54, 1.807) is 11.0 Å². The first kappa shape index (κ1) is 25.9. The number of amides is 1. The van der Waals surface area contributed by atoms with Gasteiger partial charge in [0, 0.05) is 30.1 Å². The first-order valence-electron chi connectivity index (χ1n) is 14.2. The number of fused-ring (bicyclic) bond motifs is 1. The monoisotopic (exact) mass is 538 g/mol. The topological polar surface area (TPSA) is 107 Å². The maximum atomic E-state index is 12.4. The van der Waals surface area contributed by atoms with Gasteiger partial charge in [-0.05, 0) is 80.8 Å². The molecule has 2 saturated carbocycles. The highest BCUT2D eigenvalue weighted by molar-refractivity contribution is 5.96. The molecule has 9 nitrogen and oxygen atoms in total. The molecule has 0 saturated heterocycles. The Bertz CT molecular complexity index is 1510. The van der Waals surface area contributed by atoms with Crippen LogP contribution in [0.4, 0.5) is 10.5 Å². The van der Waals surface area contributed by atoms with Gasteiger partial charge in [0.15, 0.2) is 0 Å². The van der Waals surface area contributed by atoms with Crippen LogP contribution in [0.3, 0.4) is 0 Å². The molecule has 2 aromatic carbocycles. The van der Waals surface area contributed by atoms with Crippen molar-refractivity contribution < 1.29 is 14.3 Å². The predicted octanol–water partition coefficient (Wildman–Crippen LogP) is 6.70. The molecule has 2 fully saturated rings. The number of rotatable bonds is 10. The van der Waals surface area contributed by atoms with Crippen molar-refractivity contribution in [3.05, 3.63) is 60.7 Å². The summed E-state index contributed by atoms with van der Waals surface area (Å²) in [5.74, 6) is 1.21. The summed E-state index contributed by atoms with van der Waals surface area (Å²) in [5.41, 5.74) is 4.21. The average molecular weight is 539 g/mol. The summed E-state index contributed by atoms with van der Waals surface area (Å²) in [5, 5.41) is 18.2. The second kappa shape index (κ2) is 11.4. The summed E-state index contributed by atoms with van der Waals surface area (Å²) < 4.78 is 15.7. The highest BCUT2D eigenvalue weighted by Gasteiger charge is 2.29. The number of aromatic nitrogens is 4. The Morgan fingerprint density at radius 1 is 1.15 bits per heavy atom. The van der Waals surface area contributed by atoms with Crippen LogP contribution in [0.15, 0.2) is 55.1 Å². The predicted molar refractivity (Wildman–Crippen MR) is 152 cm³/mol. The van der Waals surface area contributed by atoms with Crippen LogP contribution < -0.4 is 10.1 Å². The van der Waals surface area contributed by atoms with Crippen molar-refractivity contribution in [2.24, 2.45) is 5.92 Å². The van der Waals surface area contributed by atoms with Crippen LogP contribution in [0.25, 0.3) is 22.2 Å². The van der Waals surface area contributed by atoms with Crippen LogP contribution in [0, 0.1) is 17.2 Å². The fourth-order valence-corrected chi connectivity index (χ4v) is 5.60. The molecule has 2 aliphatic carbocycles. The minimum Gasteiger partial charge on any atom is -0.494 e. The second-order valence-electron chi connectivity index (χ2n) is 10.8. The zero-order valence-electron chi connectivity index (χ0n) is 22.8. The van der Waals surface area contributed by atoms with Crippen LogP contribution in [0.2, 0.25) is 0 Å². The third-order valence-electron chi connectivity index (χ3n) is 8.30. The van der Waals surface area contributed by atoms with Crippen molar-refractivity contribution in [2.45, 2.75) is 70.6 Å². The molecule has 206 valence electrons. The molecule has 1 N–H and O–H groups in total. The van der Waals surface area contributed by atoms with E-state index in [2.05, 4.69) is 32.1 Å². The Morgan fingerprint density at radius 2 is 1.95 bits per heavy atom. The number of hydrogen-bond acceptors (Lipinski definition) is 6. The van der Waals surface area contributed by atoms with Gasteiger partial charge in [-0.3, -0.25) is 10.00 Å². The molecule has 1 atom stereocenters. The first-order valence-corrected chi connectivity index (χ1v) is 14.2. The number of carbonyl (C=O) groups is 1. The van der Waals surface area contributed by atoms with Gasteiger partial charge < -0.3 is 14.0 Å². The molecule has 0 bridgehead atoms. The van der Waals surface area contributed by atoms with Gasteiger partial charge in [-0.25, -0.2) is 9.78 Å². The second-order valence-corrected chi connectivity index (χ2v) is 10.8. The average Bonchev–Trinajstić information content (AvgIpc) is 3.51. The molecule has 6 rings (SSSR count). The van der Waals surface area contributed by atoms with E-state index in [0.717, 1.165) is 66.6 Å². The number of aryl methyl sites for hydroxylation is 1. The standard InChI is InChI=1S/C31H34N6O3/c1-21(22-5-2-6-22)40-31(38)35-24-11-9-23(10-12-24)30-28(18-32)27-17-26(39-16-4-15-36-20-33-19-34-36)13-14-29(27)37(30)25-7-3-8-25/h9-14,17,19-22,25H,2-8,15-16H2,1H3,(H,35,38). The van der Waals surface area contributed by atoms with Crippen LogP contribution in [0.1, 0.15) is 63.5 Å². The quantitative estimate of drug-likeness (QED) is 0.225. The third-order valence-corrected chi connectivity index (χ3v) is 8.30. The van der Waals surface area contributed by atoms with Crippen molar-refractivity contribution in [2.75, 3.05) is 11.9 Å². The van der Waals surface area contributed by atoms with E-state index in [-0.39, 0.29) is 6.10 Å². The number of nitrogens with one attached hydrogen (secondary N) is 1. The minimum absolute atomic E-state index is 0.0769. The zero-order valence-corrected chi connectivity index (χ0v) is 22.8. The lowest BCUT2D eigenvalue weighted by Gasteiger charge is -2.30. The van der Waals surface area contributed by atoms with Gasteiger partial charge in [0.1, 0.15) is 30.6 Å². The van der Waals surface area contributed by atoms with Gasteiger partial charge in [-0.2, -0.15) is 10.4 Å². The van der Waals surface area contributed by atoms with Gasteiger partial charge in [-0.1, -0.05) is 18.6 Å². The van der Waals surface area contributed by atoms with Crippen LogP contribution in [-0.2, 0) is 11.3 Å². The van der Waals surface area contributed by atoms with E-state index < -0.39 is 6.09 Å². The van der Waals surface area contributed by atoms with E-state index >= 15 is 0 Å². The van der Waals surface area contributed by atoms with Crippen LogP contribution in [-0.4, -0.2) is 38.1 Å². The van der Waals surface area contributed by atoms with E-state index in [1.165, 1.54) is 19.2 Å². The highest BCUT2D eigenvalue weighted by Crippen LogP contribution is 2.43. The van der Waals surface area contributed by atoms with Crippen molar-refractivity contribution in [1.29, 1.82) is 5.26 Å². The first-order chi connectivity index (χ1) is 19.6. The summed E-state index contributed by atoms with van der Waals surface area (Å²) >= 11 is 0. The molecule has 4 aromatic rings. The number of ether oxygens (including phenoxy) is 2. The summed E-state index contributed by atoms with van der Waals surface area (Å²) in [6.45, 7) is 3.24. The Balaban J connectivity index is 1.22. The van der Waals surface area contributed by atoms with E-state index in [4.69, 9.17) is 9.47 Å². The van der Waals surface area contributed by atoms with E-state index in [9.17, 15) is 10.1 Å². The van der Waals surface area contributed by atoms with Crippen molar-refractivity contribution in [3.63, 3.8) is 0 Å². The number of carbonyl (C=O) groups excluding carboxylic acids is 1. The summed E-state index contributed by atoms with van der Waals surface area (Å²) in [4.78, 5) is 16.4. The number of hydrogen-bond donors (Lipinski definition) is 1. The Kier molecular flexibility index (Phi) is 7.41. The molecule has 0 aliphatic heterocycles. The summed E-state index contributed by atoms with van der Waals surface area (Å²) in [6.07, 6.45) is 10.3. The molecule has 2 aliphatic rings. The maximum Gasteiger partial charge on any atom is 0.411 e. The molecule has 9 heteroatoms. The van der Waals surface area contributed by atoms with Gasteiger partial charge in [0.25, 0.3) is 0 Å². The van der Waals surface area contributed by atoms with Gasteiger partial charge >= 0.3 is 6.09 Å². The number of anilines is 1. The Labute approximate surface area is 233 Å². The van der Waals surface area contributed by atoms with Crippen molar-refractivity contribution >= 4 is 22.7 Å². The Morgan fingerprint density at radius 3 is 2.60 bits per heavy atom. The van der Waals surface area contributed by atoms with Crippen LogP contribution in [0.5, 0.6) is 5.75 Å². The fourth-order valence-electron chi connectivity index (χ4n) is 5.60. The number of nitrogens with zero attached hydrogens (tertiary/aromatic N) is 5. The highest BCUT2D eigenvalue weighted by atomic mass is 16.6. The maximum absolute atomic E-state index is 12.4. The van der Waals surface area contributed by atoms with Gasteiger partial charge in [0.2, 0.25) is 0 Å². The van der Waals surface area contributed by atoms with Crippen molar-refractivity contribution in [1.82, 2.24) is 19.3 Å². The fraction of sp³-hybridized carbons (Fsp3) is 0.419. The SMILES string of the molecule is CC(OC(=O)Nc1ccc(-c2c(C#N)c3cc(OCCCn4cncn4)ccc3n2C2CCC2)cc1)C1CCC1. The molecule has 2 aromatic heterocycles. The normalized spacial score (nSPS) is 16.1. The molecule has 1 amide bonds. The zero-order chi connectivity index (χ0) is 27.5. The molecule has 2 heterocycles. The van der Waals surface area contributed by atoms with E-state index in [1.807, 2.05) is 43.3 Å². The van der Waals surface area contributed by atoms with E-state index in [0.29, 0.717) is 29.8 Å². The lowest BCUT2D eigenvalue weighted by Crippen LogP contribution is -2.30. The smallest absolute Gasteiger partial charge is 0.411 e. The molecule has 0 radical (unpaired) electrons. The molecule has 0 spiro atoms. The lowest BCUT2D eigenvalue weighted by molar-refractivity contribution is 0.0531. The van der Waals surface area contributed by atoms with Gasteiger partial charge in [-0.15, -0.1) is 0 Å². The van der Waals surface area contributed by atoms with Crippen molar-refractivity contribution in [3.8, 4) is 23.1 Å². The van der Waals surface area contributed by atoms with Gasteiger partial charge in [0.05, 0.1) is 23.4 Å². The number of benzene rings is 2. The summed E-state index contributed by atoms with van der Waals surface area (Å²) in [6, 6.07) is 16.6. The minimum atomic E-state index is -0.428. The number of nitriles is 1. The molecule has 1 unspecified atom stereocenters. The van der Waals surface area contributed by atoms with Crippen LogP contribution >= 0.6 is 0 Å². The summed E-state index contributed by atoms with van der Waals surface area (Å²) in [7, 11) is 0. The Hall–Kier alpha value is -4.32. The molecular weight excluding hydrogens is 504 g/mol. The molecular formula is C31H34N6O3. The third kappa shape index (κ3) is 5.26. The largest absolute Gasteiger partial charge is 0.494 e. The lowest BCUT2D eigenvalue weighted by atomic mass is 9.82.